The molecule has 7 heteroatoms. The normalized spacial score (nSPS) is 14.0. The number of hydrogen-bond acceptors (Lipinski definition) is 4. The predicted octanol–water partition coefficient (Wildman–Crippen LogP) is 3.05. The van der Waals surface area contributed by atoms with E-state index in [1.54, 1.807) is 30.0 Å². The number of hydrogen-bond donors (Lipinski definition) is 2. The van der Waals surface area contributed by atoms with Crippen molar-refractivity contribution in [1.82, 2.24) is 5.32 Å². The van der Waals surface area contributed by atoms with Gasteiger partial charge in [-0.1, -0.05) is 19.9 Å². The van der Waals surface area contributed by atoms with Gasteiger partial charge in [-0.3, -0.25) is 14.4 Å². The summed E-state index contributed by atoms with van der Waals surface area (Å²) in [5.74, 6) is -0.542. The van der Waals surface area contributed by atoms with E-state index in [9.17, 15) is 14.4 Å². The molecule has 27 heavy (non-hydrogen) atoms. The molecule has 1 aromatic carbocycles. The number of carbonyl (C=O) groups is 3. The van der Waals surface area contributed by atoms with Crippen molar-refractivity contribution in [3.63, 3.8) is 0 Å². The molecule has 142 valence electrons. The van der Waals surface area contributed by atoms with Crippen LogP contribution in [-0.4, -0.2) is 30.3 Å². The van der Waals surface area contributed by atoms with Crippen LogP contribution in [0.3, 0.4) is 0 Å². The Kier molecular flexibility index (Phi) is 5.60. The lowest BCUT2D eigenvalue weighted by Gasteiger charge is -2.22. The fraction of sp³-hybridized carbons (Fsp3) is 0.350. The van der Waals surface area contributed by atoms with Crippen LogP contribution in [0, 0.1) is 5.92 Å². The summed E-state index contributed by atoms with van der Waals surface area (Å²) in [7, 11) is 0. The maximum Gasteiger partial charge on any atom is 0.262 e. The molecule has 0 unspecified atom stereocenters. The highest BCUT2D eigenvalue weighted by molar-refractivity contribution is 7.12. The summed E-state index contributed by atoms with van der Waals surface area (Å²) in [4.78, 5) is 39.0. The van der Waals surface area contributed by atoms with E-state index in [0.717, 1.165) is 17.7 Å². The molecule has 0 bridgehead atoms. The summed E-state index contributed by atoms with van der Waals surface area (Å²) in [5.41, 5.74) is 2.60. The fourth-order valence-electron chi connectivity index (χ4n) is 3.18. The van der Waals surface area contributed by atoms with Crippen LogP contribution < -0.4 is 15.5 Å². The van der Waals surface area contributed by atoms with Gasteiger partial charge in [0, 0.05) is 24.8 Å². The highest BCUT2D eigenvalue weighted by Gasteiger charge is 2.26. The monoisotopic (exact) mass is 385 g/mol. The summed E-state index contributed by atoms with van der Waals surface area (Å²) in [6, 6.07) is 8.44. The molecule has 2 N–H and O–H groups in total. The Morgan fingerprint density at radius 1 is 1.19 bits per heavy atom. The second-order valence-electron chi connectivity index (χ2n) is 6.93. The van der Waals surface area contributed by atoms with Crippen LogP contribution in [-0.2, 0) is 16.0 Å². The Morgan fingerprint density at radius 3 is 2.59 bits per heavy atom. The standard InChI is InChI=1S/C20H23N3O3S/c1-12(2)18(22-19(25)17-5-4-10-27-17)20(26)21-15-6-7-16-14(11-15)8-9-23(16)13(3)24/h4-7,10-12,18H,8-9H2,1-3H3,(H,21,26)(H,22,25)/t18-/m0/s1. The number of amides is 3. The molecule has 0 fully saturated rings. The predicted molar refractivity (Wildman–Crippen MR) is 107 cm³/mol. The van der Waals surface area contributed by atoms with Gasteiger partial charge < -0.3 is 15.5 Å². The lowest BCUT2D eigenvalue weighted by molar-refractivity contribution is -0.119. The van der Waals surface area contributed by atoms with Gasteiger partial charge in [0.2, 0.25) is 11.8 Å². The molecule has 2 aromatic rings. The first kappa shape index (κ1) is 19.1. The maximum absolute atomic E-state index is 12.7. The SMILES string of the molecule is CC(=O)N1CCc2cc(NC(=O)[C@@H](NC(=O)c3cccs3)C(C)C)ccc21. The third-order valence-corrected chi connectivity index (χ3v) is 5.47. The van der Waals surface area contributed by atoms with E-state index in [1.807, 2.05) is 31.4 Å². The van der Waals surface area contributed by atoms with Gasteiger partial charge in [-0.15, -0.1) is 11.3 Å². The number of nitrogens with zero attached hydrogens (tertiary/aromatic N) is 1. The maximum atomic E-state index is 12.7. The molecule has 0 radical (unpaired) electrons. The highest BCUT2D eigenvalue weighted by atomic mass is 32.1. The molecule has 1 aromatic heterocycles. The molecule has 1 aliphatic heterocycles. The largest absolute Gasteiger partial charge is 0.339 e. The van der Waals surface area contributed by atoms with Crippen LogP contribution in [0.2, 0.25) is 0 Å². The Morgan fingerprint density at radius 2 is 1.96 bits per heavy atom. The second kappa shape index (κ2) is 7.92. The first-order valence-corrected chi connectivity index (χ1v) is 9.81. The van der Waals surface area contributed by atoms with Crippen molar-refractivity contribution in [2.75, 3.05) is 16.8 Å². The van der Waals surface area contributed by atoms with Crippen LogP contribution in [0.15, 0.2) is 35.7 Å². The topological polar surface area (TPSA) is 78.5 Å². The van der Waals surface area contributed by atoms with E-state index in [1.165, 1.54) is 11.3 Å². The molecule has 1 aliphatic rings. The van der Waals surface area contributed by atoms with Crippen LogP contribution >= 0.6 is 11.3 Å². The zero-order chi connectivity index (χ0) is 19.6. The van der Waals surface area contributed by atoms with E-state index in [4.69, 9.17) is 0 Å². The molecular formula is C20H23N3O3S. The summed E-state index contributed by atoms with van der Waals surface area (Å²) in [5, 5.41) is 7.54. The van der Waals surface area contributed by atoms with Gasteiger partial charge in [-0.2, -0.15) is 0 Å². The van der Waals surface area contributed by atoms with Gasteiger partial charge >= 0.3 is 0 Å². The van der Waals surface area contributed by atoms with Gasteiger partial charge in [0.25, 0.3) is 5.91 Å². The van der Waals surface area contributed by atoms with Crippen LogP contribution in [0.5, 0.6) is 0 Å². The number of fused-ring (bicyclic) bond motifs is 1. The molecule has 0 spiro atoms. The summed E-state index contributed by atoms with van der Waals surface area (Å²) < 4.78 is 0. The molecule has 0 saturated heterocycles. The summed E-state index contributed by atoms with van der Waals surface area (Å²) in [6.07, 6.45) is 0.765. The van der Waals surface area contributed by atoms with Crippen molar-refractivity contribution in [3.05, 3.63) is 46.2 Å². The Balaban J connectivity index is 1.71. The van der Waals surface area contributed by atoms with Crippen molar-refractivity contribution in [3.8, 4) is 0 Å². The quantitative estimate of drug-likeness (QED) is 0.830. The van der Waals surface area contributed by atoms with Gasteiger partial charge in [-0.05, 0) is 47.5 Å². The molecule has 3 amide bonds. The van der Waals surface area contributed by atoms with Crippen molar-refractivity contribution in [2.45, 2.75) is 33.2 Å². The number of rotatable bonds is 5. The summed E-state index contributed by atoms with van der Waals surface area (Å²) >= 11 is 1.34. The van der Waals surface area contributed by atoms with Crippen LogP contribution in [0.1, 0.15) is 36.0 Å². The van der Waals surface area contributed by atoms with Gasteiger partial charge in [0.05, 0.1) is 4.88 Å². The number of nitrogens with one attached hydrogen (secondary N) is 2. The first-order chi connectivity index (χ1) is 12.9. The zero-order valence-electron chi connectivity index (χ0n) is 15.6. The Bertz CT molecular complexity index is 861. The minimum atomic E-state index is -0.637. The average Bonchev–Trinajstić information content (AvgIpc) is 3.28. The van der Waals surface area contributed by atoms with Crippen molar-refractivity contribution >= 4 is 40.4 Å². The van der Waals surface area contributed by atoms with Gasteiger partial charge in [0.15, 0.2) is 0 Å². The number of thiophene rings is 1. The zero-order valence-corrected chi connectivity index (χ0v) is 16.4. The third kappa shape index (κ3) is 4.19. The van der Waals surface area contributed by atoms with Gasteiger partial charge in [0.1, 0.15) is 6.04 Å². The first-order valence-electron chi connectivity index (χ1n) is 8.93. The molecule has 0 saturated carbocycles. The number of carbonyl (C=O) groups excluding carboxylic acids is 3. The fourth-order valence-corrected chi connectivity index (χ4v) is 3.81. The van der Waals surface area contributed by atoms with E-state index in [2.05, 4.69) is 10.6 Å². The van der Waals surface area contributed by atoms with Gasteiger partial charge in [-0.25, -0.2) is 0 Å². The van der Waals surface area contributed by atoms with Crippen molar-refractivity contribution < 1.29 is 14.4 Å². The second-order valence-corrected chi connectivity index (χ2v) is 7.87. The van der Waals surface area contributed by atoms with Crippen molar-refractivity contribution in [2.24, 2.45) is 5.92 Å². The van der Waals surface area contributed by atoms with Crippen LogP contribution in [0.4, 0.5) is 11.4 Å². The molecule has 1 atom stereocenters. The van der Waals surface area contributed by atoms with E-state index in [-0.39, 0.29) is 23.6 Å². The summed E-state index contributed by atoms with van der Waals surface area (Å²) in [6.45, 7) is 6.00. The Hall–Kier alpha value is -2.67. The number of anilines is 2. The molecule has 0 aliphatic carbocycles. The molecular weight excluding hydrogens is 362 g/mol. The lowest BCUT2D eigenvalue weighted by Crippen LogP contribution is -2.46. The van der Waals surface area contributed by atoms with E-state index < -0.39 is 6.04 Å². The smallest absolute Gasteiger partial charge is 0.262 e. The highest BCUT2D eigenvalue weighted by Crippen LogP contribution is 2.30. The van der Waals surface area contributed by atoms with E-state index in [0.29, 0.717) is 17.1 Å². The average molecular weight is 385 g/mol. The number of benzene rings is 1. The van der Waals surface area contributed by atoms with E-state index >= 15 is 0 Å². The lowest BCUT2D eigenvalue weighted by atomic mass is 10.0. The molecule has 3 rings (SSSR count). The molecule has 2 heterocycles. The molecule has 6 nitrogen and oxygen atoms in total. The Labute approximate surface area is 162 Å². The van der Waals surface area contributed by atoms with Crippen LogP contribution in [0.25, 0.3) is 0 Å². The third-order valence-electron chi connectivity index (χ3n) is 4.60. The minimum Gasteiger partial charge on any atom is -0.339 e. The minimum absolute atomic E-state index is 0.0155. The van der Waals surface area contributed by atoms with Crippen molar-refractivity contribution in [1.29, 1.82) is 0 Å².